The van der Waals surface area contributed by atoms with E-state index < -0.39 is 26.5 Å². The van der Waals surface area contributed by atoms with Gasteiger partial charge in [-0.1, -0.05) is 48.0 Å². The van der Waals surface area contributed by atoms with E-state index in [4.69, 9.17) is 11.6 Å². The minimum atomic E-state index is -4.24. The number of anilines is 1. The summed E-state index contributed by atoms with van der Waals surface area (Å²) in [5.41, 5.74) is -0.0663. The molecule has 0 bridgehead atoms. The van der Waals surface area contributed by atoms with E-state index in [0.29, 0.717) is 5.69 Å². The molecule has 0 unspecified atom stereocenters. The van der Waals surface area contributed by atoms with Gasteiger partial charge in [-0.15, -0.1) is 0 Å². The Morgan fingerprint density at radius 1 is 1.00 bits per heavy atom. The van der Waals surface area contributed by atoms with Crippen molar-refractivity contribution in [2.45, 2.75) is 11.4 Å². The smallest absolute Gasteiger partial charge is 0.262 e. The highest BCUT2D eigenvalue weighted by Crippen LogP contribution is 2.31. The van der Waals surface area contributed by atoms with Gasteiger partial charge in [0.1, 0.15) is 10.8 Å². The Morgan fingerprint density at radius 3 is 2.29 bits per heavy atom. The summed E-state index contributed by atoms with van der Waals surface area (Å²) in [7, 11) is -4.24. The van der Waals surface area contributed by atoms with Crippen LogP contribution in [0, 0.1) is 15.9 Å². The molecule has 0 aliphatic carbocycles. The molecule has 28 heavy (non-hydrogen) atoms. The fourth-order valence-corrected chi connectivity index (χ4v) is 4.26. The molecule has 0 aromatic heterocycles. The lowest BCUT2D eigenvalue weighted by atomic mass is 10.2. The lowest BCUT2D eigenvalue weighted by Crippen LogP contribution is -2.31. The summed E-state index contributed by atoms with van der Waals surface area (Å²) in [5, 5.41) is 11.0. The van der Waals surface area contributed by atoms with Crippen LogP contribution in [0.15, 0.2) is 77.7 Å². The Hall–Kier alpha value is -2.97. The van der Waals surface area contributed by atoms with Crippen molar-refractivity contribution in [2.24, 2.45) is 0 Å². The largest absolute Gasteiger partial charge is 0.289 e. The predicted octanol–water partition coefficient (Wildman–Crippen LogP) is 4.78. The molecule has 144 valence electrons. The summed E-state index contributed by atoms with van der Waals surface area (Å²) in [4.78, 5) is 10.1. The Bertz CT molecular complexity index is 1120. The number of hydrogen-bond acceptors (Lipinski definition) is 4. The maximum absolute atomic E-state index is 14.2. The van der Waals surface area contributed by atoms with Gasteiger partial charge < -0.3 is 0 Å². The number of sulfonamides is 1. The van der Waals surface area contributed by atoms with Gasteiger partial charge in [0.25, 0.3) is 15.7 Å². The number of hydrogen-bond donors (Lipinski definition) is 0. The monoisotopic (exact) mass is 420 g/mol. The van der Waals surface area contributed by atoms with Crippen LogP contribution in [0.25, 0.3) is 0 Å². The summed E-state index contributed by atoms with van der Waals surface area (Å²) < 4.78 is 41.7. The first-order valence-corrected chi connectivity index (χ1v) is 9.87. The zero-order valence-electron chi connectivity index (χ0n) is 14.3. The van der Waals surface area contributed by atoms with Crippen LogP contribution >= 0.6 is 11.6 Å². The fraction of sp³-hybridized carbons (Fsp3) is 0.0526. The molecule has 0 fully saturated rings. The van der Waals surface area contributed by atoms with Crippen molar-refractivity contribution in [3.8, 4) is 0 Å². The molecule has 0 aliphatic heterocycles. The molecule has 0 spiro atoms. The predicted molar refractivity (Wildman–Crippen MR) is 104 cm³/mol. The van der Waals surface area contributed by atoms with Crippen LogP contribution in [0.5, 0.6) is 0 Å². The highest BCUT2D eigenvalue weighted by Gasteiger charge is 2.28. The minimum absolute atomic E-state index is 0.165. The number of nitro benzene ring substituents is 1. The maximum atomic E-state index is 14.2. The molecule has 9 heteroatoms. The van der Waals surface area contributed by atoms with E-state index in [2.05, 4.69) is 0 Å². The van der Waals surface area contributed by atoms with Crippen LogP contribution in [0.3, 0.4) is 0 Å². The second-order valence-corrected chi connectivity index (χ2v) is 8.08. The highest BCUT2D eigenvalue weighted by molar-refractivity contribution is 7.92. The van der Waals surface area contributed by atoms with Crippen LogP contribution in [0.1, 0.15) is 5.56 Å². The van der Waals surface area contributed by atoms with E-state index in [-0.39, 0.29) is 22.0 Å². The second-order valence-electron chi connectivity index (χ2n) is 5.81. The van der Waals surface area contributed by atoms with Crippen molar-refractivity contribution in [1.29, 1.82) is 0 Å². The summed E-state index contributed by atoms with van der Waals surface area (Å²) in [5.74, 6) is -0.555. The number of nitro groups is 1. The van der Waals surface area contributed by atoms with Crippen molar-refractivity contribution in [3.05, 3.63) is 99.3 Å². The third kappa shape index (κ3) is 3.97. The SMILES string of the molecule is O=[N+]([O-])c1cc(S(=O)(=O)N(Cc2ccccc2F)c2ccccc2)ccc1Cl. The molecule has 6 nitrogen and oxygen atoms in total. The van der Waals surface area contributed by atoms with Crippen molar-refractivity contribution in [3.63, 3.8) is 0 Å². The summed E-state index contributed by atoms with van der Waals surface area (Å²) in [6.07, 6.45) is 0. The van der Waals surface area contributed by atoms with Crippen molar-refractivity contribution in [1.82, 2.24) is 0 Å². The van der Waals surface area contributed by atoms with Crippen molar-refractivity contribution >= 4 is 33.0 Å². The van der Waals surface area contributed by atoms with Crippen LogP contribution in [-0.4, -0.2) is 13.3 Å². The first-order valence-electron chi connectivity index (χ1n) is 8.06. The van der Waals surface area contributed by atoms with Gasteiger partial charge in [0, 0.05) is 11.6 Å². The Kier molecular flexibility index (Phi) is 5.62. The molecular formula is C19H14ClFN2O4S. The number of para-hydroxylation sites is 1. The number of benzene rings is 3. The molecule has 0 saturated carbocycles. The van der Waals surface area contributed by atoms with E-state index in [1.807, 2.05) is 0 Å². The Morgan fingerprint density at radius 2 is 1.64 bits per heavy atom. The van der Waals surface area contributed by atoms with E-state index >= 15 is 0 Å². The van der Waals surface area contributed by atoms with Crippen molar-refractivity contribution < 1.29 is 17.7 Å². The van der Waals surface area contributed by atoms with Gasteiger partial charge in [-0.05, 0) is 30.3 Å². The molecule has 0 heterocycles. The van der Waals surface area contributed by atoms with Gasteiger partial charge in [0.15, 0.2) is 0 Å². The molecule has 0 N–H and O–H groups in total. The molecule has 3 aromatic rings. The van der Waals surface area contributed by atoms with Crippen LogP contribution in [0.4, 0.5) is 15.8 Å². The first kappa shape index (κ1) is 19.8. The summed E-state index contributed by atoms with van der Waals surface area (Å²) in [6, 6.07) is 17.2. The Balaban J connectivity index is 2.13. The highest BCUT2D eigenvalue weighted by atomic mass is 35.5. The number of nitrogens with zero attached hydrogens (tertiary/aromatic N) is 2. The van der Waals surface area contributed by atoms with Crippen LogP contribution in [0.2, 0.25) is 5.02 Å². The van der Waals surface area contributed by atoms with Gasteiger partial charge in [-0.3, -0.25) is 14.4 Å². The van der Waals surface area contributed by atoms with Crippen LogP contribution in [-0.2, 0) is 16.6 Å². The average Bonchev–Trinajstić information content (AvgIpc) is 2.67. The lowest BCUT2D eigenvalue weighted by molar-refractivity contribution is -0.384. The van der Waals surface area contributed by atoms with E-state index in [0.717, 1.165) is 16.4 Å². The standard InChI is InChI=1S/C19H14ClFN2O4S/c20-17-11-10-16(12-19(17)23(24)25)28(26,27)22(15-7-2-1-3-8-15)13-14-6-4-5-9-18(14)21/h1-12H,13H2. The Labute approximate surface area is 166 Å². The van der Waals surface area contributed by atoms with E-state index in [9.17, 15) is 22.9 Å². The number of halogens is 2. The molecule has 0 saturated heterocycles. The maximum Gasteiger partial charge on any atom is 0.289 e. The van der Waals surface area contributed by atoms with Gasteiger partial charge in [-0.25, -0.2) is 12.8 Å². The topological polar surface area (TPSA) is 80.5 Å². The van der Waals surface area contributed by atoms with E-state index in [1.165, 1.54) is 24.3 Å². The van der Waals surface area contributed by atoms with E-state index in [1.54, 1.807) is 36.4 Å². The quantitative estimate of drug-likeness (QED) is 0.424. The molecule has 3 aromatic carbocycles. The summed E-state index contributed by atoms with van der Waals surface area (Å²) >= 11 is 5.79. The average molecular weight is 421 g/mol. The molecule has 0 aliphatic rings. The molecule has 0 radical (unpaired) electrons. The third-order valence-corrected chi connectivity index (χ3v) is 6.11. The van der Waals surface area contributed by atoms with Gasteiger partial charge in [-0.2, -0.15) is 0 Å². The molecular weight excluding hydrogens is 407 g/mol. The second kappa shape index (κ2) is 7.95. The normalized spacial score (nSPS) is 11.2. The molecule has 3 rings (SSSR count). The van der Waals surface area contributed by atoms with Gasteiger partial charge >= 0.3 is 0 Å². The molecule has 0 amide bonds. The minimum Gasteiger partial charge on any atom is -0.262 e. The summed E-state index contributed by atoms with van der Waals surface area (Å²) in [6.45, 7) is -0.282. The third-order valence-electron chi connectivity index (χ3n) is 4.02. The zero-order valence-corrected chi connectivity index (χ0v) is 15.9. The number of rotatable bonds is 6. The first-order chi connectivity index (χ1) is 13.3. The molecule has 0 atom stereocenters. The fourth-order valence-electron chi connectivity index (χ4n) is 2.61. The lowest BCUT2D eigenvalue weighted by Gasteiger charge is -2.25. The van der Waals surface area contributed by atoms with Gasteiger partial charge in [0.05, 0.1) is 22.1 Å². The van der Waals surface area contributed by atoms with Crippen molar-refractivity contribution in [2.75, 3.05) is 4.31 Å². The van der Waals surface area contributed by atoms with Crippen LogP contribution < -0.4 is 4.31 Å². The zero-order chi connectivity index (χ0) is 20.3. The van der Waals surface area contributed by atoms with Gasteiger partial charge in [0.2, 0.25) is 0 Å².